The Labute approximate surface area is 196 Å². The van der Waals surface area contributed by atoms with E-state index in [1.807, 2.05) is 0 Å². The molecule has 1 amide bonds. The van der Waals surface area contributed by atoms with E-state index in [0.29, 0.717) is 32.9 Å². The van der Waals surface area contributed by atoms with Crippen LogP contribution in [0.5, 0.6) is 11.5 Å². The molecule has 0 aliphatic carbocycles. The lowest BCUT2D eigenvalue weighted by atomic mass is 10.2. The molecule has 0 aliphatic heterocycles. The molecule has 3 aromatic rings. The average Bonchev–Trinajstić information content (AvgIpc) is 3.20. The molecule has 0 fully saturated rings. The van der Waals surface area contributed by atoms with Gasteiger partial charge < -0.3 is 14.8 Å². The molecule has 7 nitrogen and oxygen atoms in total. The van der Waals surface area contributed by atoms with Crippen LogP contribution in [0, 0.1) is 0 Å². The summed E-state index contributed by atoms with van der Waals surface area (Å²) in [7, 11) is 2.96. The molecule has 2 N–H and O–H groups in total. The minimum Gasteiger partial charge on any atom is -0.496 e. The highest BCUT2D eigenvalue weighted by Crippen LogP contribution is 2.32. The molecule has 1 aromatic heterocycles. The molecule has 0 saturated carbocycles. The Morgan fingerprint density at radius 1 is 1.21 bits per heavy atom. The van der Waals surface area contributed by atoms with Crippen LogP contribution >= 0.6 is 22.9 Å². The first-order chi connectivity index (χ1) is 15.7. The molecule has 0 saturated heterocycles. The maximum Gasteiger partial charge on any atom is 0.416 e. The van der Waals surface area contributed by atoms with E-state index in [0.717, 1.165) is 12.1 Å². The zero-order chi connectivity index (χ0) is 24.0. The zero-order valence-corrected chi connectivity index (χ0v) is 18.9. The molecule has 0 aliphatic rings. The summed E-state index contributed by atoms with van der Waals surface area (Å²) in [5.41, 5.74) is 2.83. The third-order valence-electron chi connectivity index (χ3n) is 4.23. The predicted molar refractivity (Wildman–Crippen MR) is 121 cm³/mol. The number of nitrogens with one attached hydrogen (secondary N) is 2. The number of benzene rings is 2. The van der Waals surface area contributed by atoms with E-state index in [9.17, 15) is 18.0 Å². The van der Waals surface area contributed by atoms with Crippen molar-refractivity contribution in [2.24, 2.45) is 5.10 Å². The van der Waals surface area contributed by atoms with Crippen molar-refractivity contribution in [1.29, 1.82) is 0 Å². The van der Waals surface area contributed by atoms with Crippen LogP contribution < -0.4 is 20.2 Å². The number of anilines is 2. The number of methoxy groups -OCH3 is 2. The molecule has 3 rings (SSSR count). The van der Waals surface area contributed by atoms with Crippen LogP contribution in [0.15, 0.2) is 46.9 Å². The quantitative estimate of drug-likeness (QED) is 0.326. The number of hydrogen-bond donors (Lipinski definition) is 2. The smallest absolute Gasteiger partial charge is 0.416 e. The molecule has 12 heteroatoms. The number of nitrogens with zero attached hydrogens (tertiary/aromatic N) is 2. The topological polar surface area (TPSA) is 84.8 Å². The lowest BCUT2D eigenvalue weighted by Gasteiger charge is -2.09. The largest absolute Gasteiger partial charge is 0.496 e. The average molecular weight is 499 g/mol. The summed E-state index contributed by atoms with van der Waals surface area (Å²) < 4.78 is 48.9. The third-order valence-corrected chi connectivity index (χ3v) is 5.33. The van der Waals surface area contributed by atoms with E-state index < -0.39 is 17.6 Å². The van der Waals surface area contributed by atoms with Gasteiger partial charge in [-0.05, 0) is 24.3 Å². The highest BCUT2D eigenvalue weighted by molar-refractivity contribution is 7.13. The van der Waals surface area contributed by atoms with Gasteiger partial charge in [0.15, 0.2) is 5.13 Å². The van der Waals surface area contributed by atoms with Crippen molar-refractivity contribution < 1.29 is 27.4 Å². The molecule has 0 atom stereocenters. The van der Waals surface area contributed by atoms with Gasteiger partial charge in [-0.3, -0.25) is 4.79 Å². The Hall–Kier alpha value is -3.31. The van der Waals surface area contributed by atoms with Crippen molar-refractivity contribution in [3.8, 4) is 11.5 Å². The number of rotatable bonds is 8. The van der Waals surface area contributed by atoms with Gasteiger partial charge in [-0.25, -0.2) is 10.4 Å². The number of alkyl halides is 3. The number of halogens is 4. The van der Waals surface area contributed by atoms with E-state index in [1.165, 1.54) is 43.9 Å². The van der Waals surface area contributed by atoms with Gasteiger partial charge in [0.2, 0.25) is 5.91 Å². The molecule has 0 radical (unpaired) electrons. The molecule has 174 valence electrons. The maximum atomic E-state index is 12.8. The van der Waals surface area contributed by atoms with E-state index >= 15 is 0 Å². The lowest BCUT2D eigenvalue weighted by Crippen LogP contribution is -2.20. The van der Waals surface area contributed by atoms with Crippen LogP contribution in [-0.2, 0) is 17.4 Å². The number of carbonyl (C=O) groups excluding carboxylic acids is 1. The fraction of sp³-hybridized carbons (Fsp3) is 0.190. The van der Waals surface area contributed by atoms with Gasteiger partial charge in [0.1, 0.15) is 11.5 Å². The Balaban J connectivity index is 1.59. The molecular formula is C21H18ClF3N4O3S. The Morgan fingerprint density at radius 3 is 2.67 bits per heavy atom. The normalized spacial score (nSPS) is 11.5. The molecule has 1 heterocycles. The molecule has 0 bridgehead atoms. The number of carbonyl (C=O) groups is 1. The van der Waals surface area contributed by atoms with Gasteiger partial charge in [-0.1, -0.05) is 17.7 Å². The predicted octanol–water partition coefficient (Wildman–Crippen LogP) is 5.27. The van der Waals surface area contributed by atoms with Crippen molar-refractivity contribution >= 4 is 45.9 Å². The highest BCUT2D eigenvalue weighted by Gasteiger charge is 2.30. The van der Waals surface area contributed by atoms with Crippen molar-refractivity contribution in [2.75, 3.05) is 19.5 Å². The van der Waals surface area contributed by atoms with Gasteiger partial charge >= 0.3 is 6.18 Å². The van der Waals surface area contributed by atoms with Crippen LogP contribution in [0.4, 0.5) is 24.0 Å². The van der Waals surface area contributed by atoms with E-state index in [2.05, 4.69) is 20.8 Å². The first-order valence-electron chi connectivity index (χ1n) is 9.31. The summed E-state index contributed by atoms with van der Waals surface area (Å²) in [6.45, 7) is 0. The Morgan fingerprint density at radius 2 is 1.97 bits per heavy atom. The van der Waals surface area contributed by atoms with Gasteiger partial charge in [-0.15, -0.1) is 11.3 Å². The van der Waals surface area contributed by atoms with Crippen LogP contribution in [0.1, 0.15) is 16.8 Å². The summed E-state index contributed by atoms with van der Waals surface area (Å²) in [6.07, 6.45) is -3.13. The van der Waals surface area contributed by atoms with Crippen molar-refractivity contribution in [3.05, 3.63) is 63.6 Å². The summed E-state index contributed by atoms with van der Waals surface area (Å²) in [5, 5.41) is 9.06. The summed E-state index contributed by atoms with van der Waals surface area (Å²) >= 11 is 7.27. The highest BCUT2D eigenvalue weighted by atomic mass is 35.5. The zero-order valence-electron chi connectivity index (χ0n) is 17.4. The maximum absolute atomic E-state index is 12.8. The van der Waals surface area contributed by atoms with Crippen LogP contribution in [0.25, 0.3) is 0 Å². The lowest BCUT2D eigenvalue weighted by molar-refractivity contribution is -0.137. The SMILES string of the molecule is COc1cc(OC)c(/C=N\NC(=O)Cc2csc(Nc3cccc(C(F)(F)F)c3)n2)cc1Cl. The monoisotopic (exact) mass is 498 g/mol. The number of thiazole rings is 1. The summed E-state index contributed by atoms with van der Waals surface area (Å²) in [4.78, 5) is 16.4. The second-order valence-corrected chi connectivity index (χ2v) is 7.81. The van der Waals surface area contributed by atoms with Crippen molar-refractivity contribution in [3.63, 3.8) is 0 Å². The molecule has 0 unspecified atom stereocenters. The minimum atomic E-state index is -4.44. The van der Waals surface area contributed by atoms with Gasteiger partial charge in [0, 0.05) is 22.7 Å². The molecule has 2 aromatic carbocycles. The minimum absolute atomic E-state index is 0.0708. The number of aromatic nitrogens is 1. The number of hydrazone groups is 1. The molecule has 33 heavy (non-hydrogen) atoms. The van der Waals surface area contributed by atoms with Gasteiger partial charge in [-0.2, -0.15) is 18.3 Å². The van der Waals surface area contributed by atoms with Crippen LogP contribution in [0.3, 0.4) is 0 Å². The summed E-state index contributed by atoms with van der Waals surface area (Å²) in [6, 6.07) is 7.95. The Bertz CT molecular complexity index is 1170. The first kappa shape index (κ1) is 24.3. The van der Waals surface area contributed by atoms with Crippen LogP contribution in [-0.4, -0.2) is 31.3 Å². The number of hydrogen-bond acceptors (Lipinski definition) is 7. The Kier molecular flexibility index (Phi) is 7.77. The van der Waals surface area contributed by atoms with Crippen molar-refractivity contribution in [2.45, 2.75) is 12.6 Å². The third kappa shape index (κ3) is 6.59. The standard InChI is InChI=1S/C21H18ClF3N4O3S/c1-31-17-9-18(32-2)16(22)6-12(17)10-26-29-19(30)8-15-11-33-20(28-15)27-14-5-3-4-13(7-14)21(23,24)25/h3-7,9-11H,8H2,1-2H3,(H,27,28)(H,29,30)/b26-10-. The van der Waals surface area contributed by atoms with Gasteiger partial charge in [0.05, 0.1) is 43.1 Å². The van der Waals surface area contributed by atoms with Gasteiger partial charge in [0.25, 0.3) is 0 Å². The fourth-order valence-corrected chi connectivity index (χ4v) is 3.68. The fourth-order valence-electron chi connectivity index (χ4n) is 2.70. The summed E-state index contributed by atoms with van der Waals surface area (Å²) in [5.74, 6) is 0.465. The van der Waals surface area contributed by atoms with E-state index in [4.69, 9.17) is 21.1 Å². The van der Waals surface area contributed by atoms with E-state index in [-0.39, 0.29) is 12.1 Å². The van der Waals surface area contributed by atoms with Crippen LogP contribution in [0.2, 0.25) is 5.02 Å². The number of ether oxygens (including phenoxy) is 2. The first-order valence-corrected chi connectivity index (χ1v) is 10.6. The number of amides is 1. The molecular weight excluding hydrogens is 481 g/mol. The van der Waals surface area contributed by atoms with E-state index in [1.54, 1.807) is 17.5 Å². The second-order valence-electron chi connectivity index (χ2n) is 6.55. The molecule has 0 spiro atoms. The van der Waals surface area contributed by atoms with Crippen molar-refractivity contribution in [1.82, 2.24) is 10.4 Å². The second kappa shape index (κ2) is 10.5.